The number of benzene rings is 1. The number of ether oxygens (including phenoxy) is 1. The van der Waals surface area contributed by atoms with Crippen molar-refractivity contribution in [3.05, 3.63) is 29.8 Å². The van der Waals surface area contributed by atoms with Crippen molar-refractivity contribution < 1.29 is 4.74 Å². The van der Waals surface area contributed by atoms with E-state index in [-0.39, 0.29) is 6.10 Å². The zero-order chi connectivity index (χ0) is 14.5. The lowest BCUT2D eigenvalue weighted by Gasteiger charge is -2.30. The van der Waals surface area contributed by atoms with E-state index < -0.39 is 0 Å². The van der Waals surface area contributed by atoms with Crippen LogP contribution in [0, 0.1) is 5.92 Å². The van der Waals surface area contributed by atoms with E-state index in [0.717, 1.165) is 11.7 Å². The smallest absolute Gasteiger partial charge is 0.120 e. The highest BCUT2D eigenvalue weighted by atomic mass is 16.5. The SMILES string of the molecule is CC1CCCC(NC(C)c2cccc(OC(C)C)c2)C1. The van der Waals surface area contributed by atoms with E-state index in [1.165, 1.54) is 31.2 Å². The molecule has 3 unspecified atom stereocenters. The van der Waals surface area contributed by atoms with Crippen molar-refractivity contribution >= 4 is 0 Å². The molecule has 1 fully saturated rings. The van der Waals surface area contributed by atoms with Crippen LogP contribution in [-0.2, 0) is 0 Å². The van der Waals surface area contributed by atoms with Gasteiger partial charge in [0.25, 0.3) is 0 Å². The Labute approximate surface area is 123 Å². The summed E-state index contributed by atoms with van der Waals surface area (Å²) < 4.78 is 5.78. The standard InChI is InChI=1S/C18H29NO/c1-13(2)20-18-10-6-8-16(12-18)15(4)19-17-9-5-7-14(3)11-17/h6,8,10,12-15,17,19H,5,7,9,11H2,1-4H3. The van der Waals surface area contributed by atoms with Gasteiger partial charge in [-0.2, -0.15) is 0 Å². The summed E-state index contributed by atoms with van der Waals surface area (Å²) in [6.07, 6.45) is 5.61. The van der Waals surface area contributed by atoms with Crippen LogP contribution < -0.4 is 10.1 Å². The van der Waals surface area contributed by atoms with E-state index in [1.807, 2.05) is 6.07 Å². The molecule has 2 nitrogen and oxygen atoms in total. The lowest BCUT2D eigenvalue weighted by Crippen LogP contribution is -2.35. The first kappa shape index (κ1) is 15.4. The van der Waals surface area contributed by atoms with Crippen LogP contribution in [0.25, 0.3) is 0 Å². The molecule has 1 N–H and O–H groups in total. The summed E-state index contributed by atoms with van der Waals surface area (Å²) >= 11 is 0. The van der Waals surface area contributed by atoms with Crippen LogP contribution >= 0.6 is 0 Å². The van der Waals surface area contributed by atoms with Crippen LogP contribution in [0.15, 0.2) is 24.3 Å². The lowest BCUT2D eigenvalue weighted by atomic mass is 9.86. The summed E-state index contributed by atoms with van der Waals surface area (Å²) in [4.78, 5) is 0. The molecule has 0 aliphatic heterocycles. The van der Waals surface area contributed by atoms with Gasteiger partial charge in [0.1, 0.15) is 5.75 Å². The van der Waals surface area contributed by atoms with Crippen molar-refractivity contribution in [1.82, 2.24) is 5.32 Å². The van der Waals surface area contributed by atoms with Crippen molar-refractivity contribution in [2.75, 3.05) is 0 Å². The minimum atomic E-state index is 0.229. The maximum atomic E-state index is 5.78. The molecule has 0 radical (unpaired) electrons. The van der Waals surface area contributed by atoms with Crippen LogP contribution in [0.2, 0.25) is 0 Å². The fourth-order valence-corrected chi connectivity index (χ4v) is 3.16. The van der Waals surface area contributed by atoms with Gasteiger partial charge in [-0.05, 0) is 57.2 Å². The van der Waals surface area contributed by atoms with Crippen LogP contribution in [0.4, 0.5) is 0 Å². The first-order valence-electron chi connectivity index (χ1n) is 8.07. The third-order valence-corrected chi connectivity index (χ3v) is 4.15. The van der Waals surface area contributed by atoms with Crippen molar-refractivity contribution in [3.8, 4) is 5.75 Å². The van der Waals surface area contributed by atoms with Gasteiger partial charge in [0.05, 0.1) is 6.10 Å². The van der Waals surface area contributed by atoms with Crippen LogP contribution in [0.3, 0.4) is 0 Å². The van der Waals surface area contributed by atoms with Gasteiger partial charge in [0.2, 0.25) is 0 Å². The highest BCUT2D eigenvalue weighted by molar-refractivity contribution is 5.30. The summed E-state index contributed by atoms with van der Waals surface area (Å²) in [6, 6.07) is 9.55. The molecule has 0 bridgehead atoms. The maximum absolute atomic E-state index is 5.78. The van der Waals surface area contributed by atoms with Crippen LogP contribution in [0.5, 0.6) is 5.75 Å². The Morgan fingerprint density at radius 3 is 2.70 bits per heavy atom. The highest BCUT2D eigenvalue weighted by Gasteiger charge is 2.20. The van der Waals surface area contributed by atoms with Crippen molar-refractivity contribution in [1.29, 1.82) is 0 Å². The Bertz CT molecular complexity index is 416. The van der Waals surface area contributed by atoms with Crippen LogP contribution in [-0.4, -0.2) is 12.1 Å². The van der Waals surface area contributed by atoms with E-state index in [0.29, 0.717) is 12.1 Å². The molecule has 0 amide bonds. The minimum absolute atomic E-state index is 0.229. The predicted molar refractivity (Wildman–Crippen MR) is 85.2 cm³/mol. The molecule has 112 valence electrons. The molecular weight excluding hydrogens is 246 g/mol. The quantitative estimate of drug-likeness (QED) is 0.840. The fraction of sp³-hybridized carbons (Fsp3) is 0.667. The molecule has 1 aliphatic rings. The second-order valence-corrected chi connectivity index (χ2v) is 6.60. The average molecular weight is 275 g/mol. The average Bonchev–Trinajstić information content (AvgIpc) is 2.38. The zero-order valence-corrected chi connectivity index (χ0v) is 13.4. The van der Waals surface area contributed by atoms with E-state index in [4.69, 9.17) is 4.74 Å². The molecule has 3 atom stereocenters. The monoisotopic (exact) mass is 275 g/mol. The summed E-state index contributed by atoms with van der Waals surface area (Å²) in [5.41, 5.74) is 1.32. The Balaban J connectivity index is 1.96. The zero-order valence-electron chi connectivity index (χ0n) is 13.4. The molecule has 0 saturated heterocycles. The maximum Gasteiger partial charge on any atom is 0.120 e. The molecule has 2 rings (SSSR count). The van der Waals surface area contributed by atoms with E-state index >= 15 is 0 Å². The summed E-state index contributed by atoms with van der Waals surface area (Å²) in [5.74, 6) is 1.84. The van der Waals surface area contributed by atoms with Crippen molar-refractivity contribution in [2.45, 2.75) is 71.6 Å². The molecule has 1 aliphatic carbocycles. The van der Waals surface area contributed by atoms with Gasteiger partial charge < -0.3 is 10.1 Å². The molecule has 1 aromatic rings. The second kappa shape index (κ2) is 7.12. The molecule has 20 heavy (non-hydrogen) atoms. The van der Waals surface area contributed by atoms with Gasteiger partial charge in [-0.25, -0.2) is 0 Å². The minimum Gasteiger partial charge on any atom is -0.491 e. The molecule has 0 heterocycles. The molecular formula is C18H29NO. The number of hydrogen-bond donors (Lipinski definition) is 1. The predicted octanol–water partition coefficient (Wildman–Crippen LogP) is 4.70. The molecule has 1 saturated carbocycles. The van der Waals surface area contributed by atoms with Gasteiger partial charge >= 0.3 is 0 Å². The Morgan fingerprint density at radius 2 is 2.00 bits per heavy atom. The Kier molecular flexibility index (Phi) is 5.47. The number of hydrogen-bond acceptors (Lipinski definition) is 2. The van der Waals surface area contributed by atoms with Crippen LogP contribution in [0.1, 0.15) is 65.0 Å². The first-order valence-corrected chi connectivity index (χ1v) is 8.07. The van der Waals surface area contributed by atoms with Crippen molar-refractivity contribution in [3.63, 3.8) is 0 Å². The Morgan fingerprint density at radius 1 is 1.20 bits per heavy atom. The largest absolute Gasteiger partial charge is 0.491 e. The topological polar surface area (TPSA) is 21.3 Å². The van der Waals surface area contributed by atoms with Gasteiger partial charge in [-0.3, -0.25) is 0 Å². The summed E-state index contributed by atoms with van der Waals surface area (Å²) in [6.45, 7) is 8.76. The summed E-state index contributed by atoms with van der Waals surface area (Å²) in [5, 5.41) is 3.79. The van der Waals surface area contributed by atoms with E-state index in [9.17, 15) is 0 Å². The van der Waals surface area contributed by atoms with Gasteiger partial charge in [0.15, 0.2) is 0 Å². The third kappa shape index (κ3) is 4.52. The third-order valence-electron chi connectivity index (χ3n) is 4.15. The van der Waals surface area contributed by atoms with Crippen molar-refractivity contribution in [2.24, 2.45) is 5.92 Å². The molecule has 0 spiro atoms. The molecule has 2 heteroatoms. The second-order valence-electron chi connectivity index (χ2n) is 6.60. The fourth-order valence-electron chi connectivity index (χ4n) is 3.16. The molecule has 0 aromatic heterocycles. The van der Waals surface area contributed by atoms with Gasteiger partial charge in [-0.15, -0.1) is 0 Å². The van der Waals surface area contributed by atoms with Gasteiger partial charge in [-0.1, -0.05) is 31.9 Å². The number of nitrogens with one attached hydrogen (secondary N) is 1. The Hall–Kier alpha value is -1.02. The number of rotatable bonds is 5. The summed E-state index contributed by atoms with van der Waals surface area (Å²) in [7, 11) is 0. The van der Waals surface area contributed by atoms with E-state index in [1.54, 1.807) is 0 Å². The van der Waals surface area contributed by atoms with Gasteiger partial charge in [0, 0.05) is 12.1 Å². The normalized spacial score (nSPS) is 24.6. The highest BCUT2D eigenvalue weighted by Crippen LogP contribution is 2.26. The van der Waals surface area contributed by atoms with E-state index in [2.05, 4.69) is 51.2 Å². The lowest BCUT2D eigenvalue weighted by molar-refractivity contribution is 0.241. The first-order chi connectivity index (χ1) is 9.54. The molecule has 1 aromatic carbocycles.